The Morgan fingerprint density at radius 3 is 2.67 bits per heavy atom. The van der Waals surface area contributed by atoms with Crippen LogP contribution < -0.4 is 5.32 Å². The lowest BCUT2D eigenvalue weighted by molar-refractivity contribution is -0.116. The van der Waals surface area contributed by atoms with Gasteiger partial charge in [0.2, 0.25) is 5.91 Å². The molecule has 27 heavy (non-hydrogen) atoms. The van der Waals surface area contributed by atoms with E-state index in [4.69, 9.17) is 0 Å². The molecule has 6 heteroatoms. The van der Waals surface area contributed by atoms with Gasteiger partial charge in [-0.3, -0.25) is 4.79 Å². The van der Waals surface area contributed by atoms with Crippen LogP contribution in [0.3, 0.4) is 0 Å². The number of amides is 1. The van der Waals surface area contributed by atoms with Crippen molar-refractivity contribution in [2.45, 2.75) is 26.7 Å². The Balaban J connectivity index is 1.47. The number of aryl methyl sites for hydroxylation is 3. The van der Waals surface area contributed by atoms with Gasteiger partial charge in [-0.1, -0.05) is 24.3 Å². The molecule has 4 aromatic rings. The van der Waals surface area contributed by atoms with E-state index in [1.807, 2.05) is 67.1 Å². The van der Waals surface area contributed by atoms with Crippen molar-refractivity contribution in [1.82, 2.24) is 14.8 Å². The summed E-state index contributed by atoms with van der Waals surface area (Å²) in [5, 5.41) is 8.53. The first-order valence-electron chi connectivity index (χ1n) is 8.87. The highest BCUT2D eigenvalue weighted by Crippen LogP contribution is 2.24. The molecular weight excluding hydrogens is 356 g/mol. The second kappa shape index (κ2) is 7.32. The van der Waals surface area contributed by atoms with Crippen molar-refractivity contribution in [3.63, 3.8) is 0 Å². The number of thiazole rings is 1. The van der Waals surface area contributed by atoms with Crippen molar-refractivity contribution < 1.29 is 4.79 Å². The van der Waals surface area contributed by atoms with Crippen molar-refractivity contribution in [2.75, 3.05) is 5.32 Å². The SMILES string of the molecule is Cc1cc(C)n(-c2ccccc2NC(=O)CCc2nc3ccccc3s2)n1. The minimum absolute atomic E-state index is 0.0248. The second-order valence-corrected chi connectivity index (χ2v) is 7.59. The van der Waals surface area contributed by atoms with Crippen molar-refractivity contribution in [3.05, 3.63) is 71.0 Å². The second-order valence-electron chi connectivity index (χ2n) is 6.48. The van der Waals surface area contributed by atoms with Gasteiger partial charge < -0.3 is 5.32 Å². The van der Waals surface area contributed by atoms with Gasteiger partial charge in [-0.05, 0) is 44.2 Å². The van der Waals surface area contributed by atoms with Gasteiger partial charge in [0, 0.05) is 18.5 Å². The maximum absolute atomic E-state index is 12.5. The first-order chi connectivity index (χ1) is 13.1. The number of fused-ring (bicyclic) bond motifs is 1. The van der Waals surface area contributed by atoms with Crippen molar-refractivity contribution in [2.24, 2.45) is 0 Å². The lowest BCUT2D eigenvalue weighted by Crippen LogP contribution is -2.14. The summed E-state index contributed by atoms with van der Waals surface area (Å²) in [5.41, 5.74) is 4.61. The van der Waals surface area contributed by atoms with E-state index >= 15 is 0 Å². The highest BCUT2D eigenvalue weighted by Gasteiger charge is 2.12. The van der Waals surface area contributed by atoms with Crippen LogP contribution in [0, 0.1) is 13.8 Å². The Hall–Kier alpha value is -2.99. The fourth-order valence-electron chi connectivity index (χ4n) is 3.10. The molecule has 1 amide bonds. The average Bonchev–Trinajstić information content (AvgIpc) is 3.22. The van der Waals surface area contributed by atoms with Gasteiger partial charge in [-0.15, -0.1) is 11.3 Å². The summed E-state index contributed by atoms with van der Waals surface area (Å²) in [6, 6.07) is 17.8. The molecular formula is C21H20N4OS. The van der Waals surface area contributed by atoms with Crippen LogP contribution in [0.4, 0.5) is 5.69 Å². The summed E-state index contributed by atoms with van der Waals surface area (Å²) >= 11 is 1.65. The molecule has 0 radical (unpaired) electrons. The summed E-state index contributed by atoms with van der Waals surface area (Å²) in [6.07, 6.45) is 1.03. The molecule has 0 saturated heterocycles. The average molecular weight is 376 g/mol. The molecule has 5 nitrogen and oxygen atoms in total. The number of anilines is 1. The van der Waals surface area contributed by atoms with E-state index < -0.39 is 0 Å². The molecule has 0 saturated carbocycles. The van der Waals surface area contributed by atoms with Gasteiger partial charge >= 0.3 is 0 Å². The smallest absolute Gasteiger partial charge is 0.224 e. The first kappa shape index (κ1) is 17.4. The predicted molar refractivity (Wildman–Crippen MR) is 110 cm³/mol. The molecule has 0 unspecified atom stereocenters. The molecule has 136 valence electrons. The number of nitrogens with one attached hydrogen (secondary N) is 1. The van der Waals surface area contributed by atoms with Crippen molar-refractivity contribution in [3.8, 4) is 5.69 Å². The lowest BCUT2D eigenvalue weighted by atomic mass is 10.2. The van der Waals surface area contributed by atoms with Gasteiger partial charge in [-0.2, -0.15) is 5.10 Å². The zero-order valence-electron chi connectivity index (χ0n) is 15.3. The van der Waals surface area contributed by atoms with Crippen molar-refractivity contribution in [1.29, 1.82) is 0 Å². The Kier molecular flexibility index (Phi) is 4.73. The third-order valence-corrected chi connectivity index (χ3v) is 5.42. The molecule has 0 aliphatic carbocycles. The van der Waals surface area contributed by atoms with Gasteiger partial charge in [0.05, 0.1) is 32.3 Å². The highest BCUT2D eigenvalue weighted by atomic mass is 32.1. The Bertz CT molecular complexity index is 1080. The first-order valence-corrected chi connectivity index (χ1v) is 9.69. The molecule has 2 aromatic heterocycles. The van der Waals surface area contributed by atoms with Gasteiger partial charge in [0.15, 0.2) is 0 Å². The molecule has 0 atom stereocenters. The van der Waals surface area contributed by atoms with Crippen LogP contribution in [0.1, 0.15) is 22.8 Å². The summed E-state index contributed by atoms with van der Waals surface area (Å²) in [6.45, 7) is 3.97. The Morgan fingerprint density at radius 1 is 1.11 bits per heavy atom. The molecule has 2 aromatic carbocycles. The topological polar surface area (TPSA) is 59.8 Å². The highest BCUT2D eigenvalue weighted by molar-refractivity contribution is 7.18. The van der Waals surface area contributed by atoms with Gasteiger partial charge in [-0.25, -0.2) is 9.67 Å². The number of nitrogens with zero attached hydrogens (tertiary/aromatic N) is 3. The third kappa shape index (κ3) is 3.75. The Morgan fingerprint density at radius 2 is 1.89 bits per heavy atom. The largest absolute Gasteiger partial charge is 0.324 e. The van der Waals surface area contributed by atoms with Gasteiger partial charge in [0.1, 0.15) is 0 Å². The zero-order valence-corrected chi connectivity index (χ0v) is 16.1. The van der Waals surface area contributed by atoms with Crippen LogP contribution in [0.2, 0.25) is 0 Å². The molecule has 0 bridgehead atoms. The van der Waals surface area contributed by atoms with E-state index in [1.54, 1.807) is 11.3 Å². The normalized spacial score (nSPS) is 11.0. The lowest BCUT2D eigenvalue weighted by Gasteiger charge is -2.12. The number of hydrogen-bond acceptors (Lipinski definition) is 4. The standard InChI is InChI=1S/C21H20N4OS/c1-14-13-15(2)25(24-14)18-9-5-3-7-16(18)22-20(26)11-12-21-23-17-8-4-6-10-19(17)27-21/h3-10,13H,11-12H2,1-2H3,(H,22,26). The van der Waals surface area contributed by atoms with E-state index in [-0.39, 0.29) is 5.91 Å². The van der Waals surface area contributed by atoms with Crippen LogP contribution in [0.25, 0.3) is 15.9 Å². The monoisotopic (exact) mass is 376 g/mol. The molecule has 0 spiro atoms. The van der Waals surface area contributed by atoms with Crippen LogP contribution in [0.5, 0.6) is 0 Å². The number of para-hydroxylation sites is 3. The fourth-order valence-corrected chi connectivity index (χ4v) is 4.06. The summed E-state index contributed by atoms with van der Waals surface area (Å²) < 4.78 is 3.01. The quantitative estimate of drug-likeness (QED) is 0.551. The van der Waals surface area contributed by atoms with E-state index in [0.29, 0.717) is 12.8 Å². The van der Waals surface area contributed by atoms with Crippen molar-refractivity contribution >= 4 is 33.1 Å². The minimum Gasteiger partial charge on any atom is -0.324 e. The van der Waals surface area contributed by atoms with Crippen LogP contribution in [-0.2, 0) is 11.2 Å². The molecule has 0 aliphatic heterocycles. The fraction of sp³-hybridized carbons (Fsp3) is 0.190. The molecule has 2 heterocycles. The molecule has 1 N–H and O–H groups in total. The maximum atomic E-state index is 12.5. The summed E-state index contributed by atoms with van der Waals surface area (Å²) in [4.78, 5) is 17.1. The van der Waals surface area contributed by atoms with Crippen LogP contribution >= 0.6 is 11.3 Å². The number of carbonyl (C=O) groups excluding carboxylic acids is 1. The number of aromatic nitrogens is 3. The van der Waals surface area contributed by atoms with E-state index in [1.165, 1.54) is 0 Å². The van der Waals surface area contributed by atoms with Gasteiger partial charge in [0.25, 0.3) is 0 Å². The zero-order chi connectivity index (χ0) is 18.8. The Labute approximate surface area is 161 Å². The third-order valence-electron chi connectivity index (χ3n) is 4.32. The molecule has 0 aliphatic rings. The molecule has 0 fully saturated rings. The molecule has 4 rings (SSSR count). The van der Waals surface area contributed by atoms with Crippen LogP contribution in [-0.4, -0.2) is 20.7 Å². The van der Waals surface area contributed by atoms with E-state index in [2.05, 4.69) is 21.5 Å². The number of rotatable bonds is 5. The number of hydrogen-bond donors (Lipinski definition) is 1. The number of carbonyl (C=O) groups is 1. The summed E-state index contributed by atoms with van der Waals surface area (Å²) in [7, 11) is 0. The van der Waals surface area contributed by atoms with E-state index in [9.17, 15) is 4.79 Å². The maximum Gasteiger partial charge on any atom is 0.224 e. The van der Waals surface area contributed by atoms with Crippen LogP contribution in [0.15, 0.2) is 54.6 Å². The minimum atomic E-state index is -0.0248. The predicted octanol–water partition coefficient (Wildman–Crippen LogP) is 4.67. The van der Waals surface area contributed by atoms with E-state index in [0.717, 1.165) is 38.0 Å². The summed E-state index contributed by atoms with van der Waals surface area (Å²) in [5.74, 6) is -0.0248. The number of benzene rings is 2.